The SMILES string of the molecule is CCOCCN(CCOCC)C[C@@H]1CNC[C@H]1C. The molecule has 1 aliphatic rings. The zero-order valence-corrected chi connectivity index (χ0v) is 12.3. The van der Waals surface area contributed by atoms with Crippen molar-refractivity contribution in [1.29, 1.82) is 0 Å². The first-order valence-corrected chi connectivity index (χ1v) is 7.36. The summed E-state index contributed by atoms with van der Waals surface area (Å²) in [6, 6.07) is 0. The summed E-state index contributed by atoms with van der Waals surface area (Å²) in [5.74, 6) is 1.56. The van der Waals surface area contributed by atoms with Gasteiger partial charge < -0.3 is 14.8 Å². The molecule has 1 N–H and O–H groups in total. The van der Waals surface area contributed by atoms with Crippen molar-refractivity contribution in [3.8, 4) is 0 Å². The lowest BCUT2D eigenvalue weighted by Crippen LogP contribution is -2.37. The van der Waals surface area contributed by atoms with E-state index >= 15 is 0 Å². The summed E-state index contributed by atoms with van der Waals surface area (Å²) in [4.78, 5) is 2.49. The molecule has 108 valence electrons. The Kier molecular flexibility index (Phi) is 8.59. The highest BCUT2D eigenvalue weighted by Gasteiger charge is 2.24. The number of hydrogen-bond donors (Lipinski definition) is 1. The normalized spacial score (nSPS) is 24.0. The van der Waals surface area contributed by atoms with E-state index in [2.05, 4.69) is 17.1 Å². The van der Waals surface area contributed by atoms with Crippen molar-refractivity contribution in [1.82, 2.24) is 10.2 Å². The molecule has 1 aliphatic heterocycles. The van der Waals surface area contributed by atoms with Crippen LogP contribution in [0, 0.1) is 11.8 Å². The van der Waals surface area contributed by atoms with Crippen LogP contribution < -0.4 is 5.32 Å². The maximum atomic E-state index is 5.46. The van der Waals surface area contributed by atoms with Crippen LogP contribution in [-0.2, 0) is 9.47 Å². The first kappa shape index (κ1) is 15.9. The number of ether oxygens (including phenoxy) is 2. The van der Waals surface area contributed by atoms with Gasteiger partial charge in [-0.15, -0.1) is 0 Å². The predicted molar refractivity (Wildman–Crippen MR) is 74.9 cm³/mol. The van der Waals surface area contributed by atoms with Crippen LogP contribution in [0.15, 0.2) is 0 Å². The predicted octanol–water partition coefficient (Wildman–Crippen LogP) is 1.22. The second-order valence-electron chi connectivity index (χ2n) is 5.09. The van der Waals surface area contributed by atoms with Crippen LogP contribution >= 0.6 is 0 Å². The molecule has 1 saturated heterocycles. The van der Waals surface area contributed by atoms with Gasteiger partial charge in [-0.2, -0.15) is 0 Å². The van der Waals surface area contributed by atoms with Crippen LogP contribution in [0.25, 0.3) is 0 Å². The summed E-state index contributed by atoms with van der Waals surface area (Å²) in [5.41, 5.74) is 0. The number of hydrogen-bond acceptors (Lipinski definition) is 4. The highest BCUT2D eigenvalue weighted by Crippen LogP contribution is 2.16. The number of nitrogens with zero attached hydrogens (tertiary/aromatic N) is 1. The minimum Gasteiger partial charge on any atom is -0.380 e. The maximum Gasteiger partial charge on any atom is 0.0593 e. The average Bonchev–Trinajstić information content (AvgIpc) is 2.75. The third-order valence-corrected chi connectivity index (χ3v) is 3.68. The van der Waals surface area contributed by atoms with E-state index in [9.17, 15) is 0 Å². The highest BCUT2D eigenvalue weighted by atomic mass is 16.5. The molecule has 0 aliphatic carbocycles. The largest absolute Gasteiger partial charge is 0.380 e. The molecule has 0 aromatic rings. The van der Waals surface area contributed by atoms with Gasteiger partial charge in [-0.25, -0.2) is 0 Å². The van der Waals surface area contributed by atoms with E-state index in [0.717, 1.165) is 71.0 Å². The Morgan fingerprint density at radius 1 is 1.06 bits per heavy atom. The Hall–Kier alpha value is -0.160. The first-order chi connectivity index (χ1) is 8.77. The summed E-state index contributed by atoms with van der Waals surface area (Å²) in [5, 5.41) is 3.47. The quantitative estimate of drug-likeness (QED) is 0.597. The van der Waals surface area contributed by atoms with Crippen molar-refractivity contribution in [2.75, 3.05) is 59.2 Å². The summed E-state index contributed by atoms with van der Waals surface area (Å²) in [6.45, 7) is 15.2. The van der Waals surface area contributed by atoms with E-state index in [-0.39, 0.29) is 0 Å². The molecule has 4 nitrogen and oxygen atoms in total. The van der Waals surface area contributed by atoms with Gasteiger partial charge in [-0.3, -0.25) is 4.90 Å². The van der Waals surface area contributed by atoms with Crippen LogP contribution in [-0.4, -0.2) is 64.1 Å². The second-order valence-corrected chi connectivity index (χ2v) is 5.09. The van der Waals surface area contributed by atoms with Gasteiger partial charge >= 0.3 is 0 Å². The summed E-state index contributed by atoms with van der Waals surface area (Å²) in [6.07, 6.45) is 0. The van der Waals surface area contributed by atoms with Gasteiger partial charge in [0, 0.05) is 32.8 Å². The smallest absolute Gasteiger partial charge is 0.0593 e. The van der Waals surface area contributed by atoms with Crippen molar-refractivity contribution in [3.63, 3.8) is 0 Å². The van der Waals surface area contributed by atoms with Gasteiger partial charge in [-0.05, 0) is 38.8 Å². The van der Waals surface area contributed by atoms with Crippen LogP contribution in [0.2, 0.25) is 0 Å². The van der Waals surface area contributed by atoms with Gasteiger partial charge in [0.15, 0.2) is 0 Å². The van der Waals surface area contributed by atoms with E-state index in [4.69, 9.17) is 9.47 Å². The summed E-state index contributed by atoms with van der Waals surface area (Å²) in [7, 11) is 0. The molecule has 1 fully saturated rings. The Bertz CT molecular complexity index is 192. The van der Waals surface area contributed by atoms with Gasteiger partial charge in [0.05, 0.1) is 13.2 Å². The van der Waals surface area contributed by atoms with E-state index in [0.29, 0.717) is 0 Å². The molecular formula is C14H30N2O2. The minimum absolute atomic E-state index is 0.772. The molecule has 18 heavy (non-hydrogen) atoms. The molecule has 0 aromatic carbocycles. The topological polar surface area (TPSA) is 33.7 Å². The van der Waals surface area contributed by atoms with E-state index < -0.39 is 0 Å². The Balaban J connectivity index is 2.27. The van der Waals surface area contributed by atoms with Gasteiger partial charge in [-0.1, -0.05) is 6.92 Å². The highest BCUT2D eigenvalue weighted by molar-refractivity contribution is 4.80. The standard InChI is InChI=1S/C14H30N2O2/c1-4-17-8-6-16(7-9-18-5-2)12-14-11-15-10-13(14)3/h13-15H,4-12H2,1-3H3/t13-,14+/m1/s1. The molecule has 0 bridgehead atoms. The summed E-state index contributed by atoms with van der Waals surface area (Å²) < 4.78 is 10.9. The van der Waals surface area contributed by atoms with Crippen molar-refractivity contribution in [2.45, 2.75) is 20.8 Å². The zero-order chi connectivity index (χ0) is 13.2. The average molecular weight is 258 g/mol. The van der Waals surface area contributed by atoms with Crippen molar-refractivity contribution in [3.05, 3.63) is 0 Å². The second kappa shape index (κ2) is 9.73. The third kappa shape index (κ3) is 6.14. The van der Waals surface area contributed by atoms with Crippen LogP contribution in [0.1, 0.15) is 20.8 Å². The number of rotatable bonds is 10. The minimum atomic E-state index is 0.772. The fourth-order valence-electron chi connectivity index (χ4n) is 2.41. The van der Waals surface area contributed by atoms with Crippen molar-refractivity contribution >= 4 is 0 Å². The molecule has 0 unspecified atom stereocenters. The molecule has 0 spiro atoms. The van der Waals surface area contributed by atoms with Gasteiger partial charge in [0.1, 0.15) is 0 Å². The van der Waals surface area contributed by atoms with Crippen molar-refractivity contribution < 1.29 is 9.47 Å². The van der Waals surface area contributed by atoms with Crippen LogP contribution in [0.4, 0.5) is 0 Å². The molecule has 0 aromatic heterocycles. The molecule has 1 rings (SSSR count). The lowest BCUT2D eigenvalue weighted by Gasteiger charge is -2.26. The first-order valence-electron chi connectivity index (χ1n) is 7.36. The fourth-order valence-corrected chi connectivity index (χ4v) is 2.41. The van der Waals surface area contributed by atoms with E-state index in [1.54, 1.807) is 0 Å². The van der Waals surface area contributed by atoms with Crippen LogP contribution in [0.3, 0.4) is 0 Å². The Morgan fingerprint density at radius 3 is 2.11 bits per heavy atom. The van der Waals surface area contributed by atoms with Crippen LogP contribution in [0.5, 0.6) is 0 Å². The molecule has 4 heteroatoms. The molecular weight excluding hydrogens is 228 g/mol. The molecule has 0 amide bonds. The monoisotopic (exact) mass is 258 g/mol. The van der Waals surface area contributed by atoms with E-state index in [1.807, 2.05) is 13.8 Å². The molecule has 2 atom stereocenters. The maximum absolute atomic E-state index is 5.46. The fraction of sp³-hybridized carbons (Fsp3) is 1.00. The third-order valence-electron chi connectivity index (χ3n) is 3.68. The van der Waals surface area contributed by atoms with Gasteiger partial charge in [0.25, 0.3) is 0 Å². The molecule has 1 heterocycles. The molecule has 0 saturated carbocycles. The van der Waals surface area contributed by atoms with Gasteiger partial charge in [0.2, 0.25) is 0 Å². The number of nitrogens with one attached hydrogen (secondary N) is 1. The Labute approximate surface area is 112 Å². The zero-order valence-electron chi connectivity index (χ0n) is 12.3. The lowest BCUT2D eigenvalue weighted by atomic mass is 9.97. The Morgan fingerprint density at radius 2 is 1.67 bits per heavy atom. The van der Waals surface area contributed by atoms with Crippen molar-refractivity contribution in [2.24, 2.45) is 11.8 Å². The molecule has 0 radical (unpaired) electrons. The van der Waals surface area contributed by atoms with E-state index in [1.165, 1.54) is 0 Å². The summed E-state index contributed by atoms with van der Waals surface area (Å²) >= 11 is 0. The lowest BCUT2D eigenvalue weighted by molar-refractivity contribution is 0.0742.